The van der Waals surface area contributed by atoms with Crippen LogP contribution in [0.25, 0.3) is 0 Å². The number of hydrogen-bond donors (Lipinski definition) is 5. The van der Waals surface area contributed by atoms with Gasteiger partial charge in [0.05, 0.1) is 13.2 Å². The second kappa shape index (κ2) is 3.25. The summed E-state index contributed by atoms with van der Waals surface area (Å²) in [7, 11) is 0. The minimum absolute atomic E-state index is 0.324. The second-order valence-electron chi connectivity index (χ2n) is 2.82. The Morgan fingerprint density at radius 1 is 1.33 bits per heavy atom. The number of aliphatic hydroxyl groups excluding tert-OH is 4. The molecule has 0 amide bonds. The van der Waals surface area contributed by atoms with Crippen molar-refractivity contribution in [1.29, 1.82) is 0 Å². The van der Waals surface area contributed by atoms with Crippen LogP contribution >= 0.6 is 0 Å². The molecule has 6 heteroatoms. The monoisotopic (exact) mass is 181 g/mol. The minimum Gasteiger partial charge on any atom is -0.391 e. The molecular weight excluding hydrogens is 169 g/mol. The van der Waals surface area contributed by atoms with E-state index < -0.39 is 30.7 Å². The molecule has 0 bridgehead atoms. The fraction of sp³-hybridized carbons (Fsp3) is 1.00. The quantitative estimate of drug-likeness (QED) is 0.272. The highest BCUT2D eigenvalue weighted by molar-refractivity contribution is 4.90. The first-order chi connectivity index (χ1) is 5.51. The molecule has 0 radical (unpaired) electrons. The van der Waals surface area contributed by atoms with Gasteiger partial charge in [-0.2, -0.15) is 0 Å². The van der Waals surface area contributed by atoms with E-state index in [0.29, 0.717) is 0 Å². The number of ether oxygens (including phenoxy) is 1. The standard InChI is InChI=1S/C6H12O6/c7-2-6(11)5(10)4(9)3(8)1-12-6/h3-5,7-11H,1-2H2/t3-,4-,5+,6?/m0/s1/i3+1. The number of aliphatic hydroxyl groups is 5. The number of hydrogen-bond acceptors (Lipinski definition) is 6. The zero-order valence-electron chi connectivity index (χ0n) is 6.29. The molecule has 1 rings (SSSR count). The minimum atomic E-state index is -2.17. The van der Waals surface area contributed by atoms with Gasteiger partial charge >= 0.3 is 0 Å². The Labute approximate surface area is 68.6 Å². The van der Waals surface area contributed by atoms with Crippen molar-refractivity contribution in [3.63, 3.8) is 0 Å². The Morgan fingerprint density at radius 2 is 1.92 bits per heavy atom. The van der Waals surface area contributed by atoms with E-state index in [2.05, 4.69) is 4.74 Å². The van der Waals surface area contributed by atoms with Gasteiger partial charge in [0.1, 0.15) is 18.3 Å². The van der Waals surface area contributed by atoms with E-state index in [1.807, 2.05) is 0 Å². The fourth-order valence-electron chi connectivity index (χ4n) is 1.03. The zero-order chi connectivity index (χ0) is 9.35. The molecule has 0 aromatic carbocycles. The Balaban J connectivity index is 2.71. The Morgan fingerprint density at radius 3 is 2.42 bits per heavy atom. The highest BCUT2D eigenvalue weighted by atomic mass is 16.7. The van der Waals surface area contributed by atoms with Crippen molar-refractivity contribution in [3.05, 3.63) is 0 Å². The fourth-order valence-corrected chi connectivity index (χ4v) is 1.03. The van der Waals surface area contributed by atoms with Crippen LogP contribution in [0.3, 0.4) is 0 Å². The van der Waals surface area contributed by atoms with E-state index in [4.69, 9.17) is 20.4 Å². The first-order valence-electron chi connectivity index (χ1n) is 3.52. The van der Waals surface area contributed by atoms with Gasteiger partial charge in [0, 0.05) is 0 Å². The third-order valence-electron chi connectivity index (χ3n) is 1.91. The van der Waals surface area contributed by atoms with Gasteiger partial charge in [0.25, 0.3) is 0 Å². The van der Waals surface area contributed by atoms with Crippen molar-refractivity contribution >= 4 is 0 Å². The lowest BCUT2D eigenvalue weighted by atomic mass is 10.1. The lowest BCUT2D eigenvalue weighted by molar-refractivity contribution is -0.331. The first-order valence-corrected chi connectivity index (χ1v) is 3.52. The van der Waals surface area contributed by atoms with E-state index >= 15 is 0 Å². The van der Waals surface area contributed by atoms with E-state index in [-0.39, 0.29) is 6.61 Å². The van der Waals surface area contributed by atoms with Gasteiger partial charge in [0.15, 0.2) is 0 Å². The average Bonchev–Trinajstić information content (AvgIpc) is 2.09. The third kappa shape index (κ3) is 1.45. The molecule has 0 aromatic rings. The highest BCUT2D eigenvalue weighted by Crippen LogP contribution is 2.22. The topological polar surface area (TPSA) is 110 Å². The molecule has 1 unspecified atom stereocenters. The Hall–Kier alpha value is -0.240. The van der Waals surface area contributed by atoms with Crippen LogP contribution in [0, 0.1) is 0 Å². The average molecular weight is 181 g/mol. The predicted molar refractivity (Wildman–Crippen MR) is 36.0 cm³/mol. The first kappa shape index (κ1) is 9.85. The van der Waals surface area contributed by atoms with Crippen molar-refractivity contribution in [1.82, 2.24) is 0 Å². The van der Waals surface area contributed by atoms with Crippen molar-refractivity contribution in [3.8, 4) is 0 Å². The van der Waals surface area contributed by atoms with Crippen LogP contribution in [0.1, 0.15) is 0 Å². The predicted octanol–water partition coefficient (Wildman–Crippen LogP) is -3.22. The Kier molecular flexibility index (Phi) is 2.67. The van der Waals surface area contributed by atoms with Crippen molar-refractivity contribution in [2.75, 3.05) is 13.2 Å². The second-order valence-corrected chi connectivity index (χ2v) is 2.82. The molecule has 0 aliphatic carbocycles. The van der Waals surface area contributed by atoms with Gasteiger partial charge < -0.3 is 30.3 Å². The molecule has 1 aliphatic rings. The maximum absolute atomic E-state index is 9.24. The lowest BCUT2D eigenvalue weighted by Gasteiger charge is -2.40. The maximum Gasteiger partial charge on any atom is 0.218 e. The summed E-state index contributed by atoms with van der Waals surface area (Å²) in [6.07, 6.45) is -4.45. The molecule has 12 heavy (non-hydrogen) atoms. The molecule has 0 aromatic heterocycles. The normalized spacial score (nSPS) is 49.2. The zero-order valence-corrected chi connectivity index (χ0v) is 6.29. The van der Waals surface area contributed by atoms with Crippen LogP contribution in [0.4, 0.5) is 0 Å². The van der Waals surface area contributed by atoms with E-state index in [9.17, 15) is 5.11 Å². The summed E-state index contributed by atoms with van der Waals surface area (Å²) in [4.78, 5) is 0. The maximum atomic E-state index is 9.24. The van der Waals surface area contributed by atoms with Gasteiger partial charge in [-0.1, -0.05) is 0 Å². The highest BCUT2D eigenvalue weighted by Gasteiger charge is 2.47. The molecule has 6 nitrogen and oxygen atoms in total. The summed E-state index contributed by atoms with van der Waals surface area (Å²) < 4.78 is 4.56. The molecule has 0 saturated carbocycles. The molecule has 0 spiro atoms. The molecular formula is C6H12O6. The lowest BCUT2D eigenvalue weighted by Crippen LogP contribution is -2.62. The molecule has 4 atom stereocenters. The molecule has 1 heterocycles. The molecule has 5 N–H and O–H groups in total. The molecule has 1 saturated heterocycles. The van der Waals surface area contributed by atoms with Crippen LogP contribution in [0.2, 0.25) is 0 Å². The SMILES string of the molecule is OCC1(O)OC[13C@H](O)[C@H](O)[C@H]1O. The van der Waals surface area contributed by atoms with Crippen LogP contribution < -0.4 is 0 Å². The van der Waals surface area contributed by atoms with Gasteiger partial charge in [-0.05, 0) is 0 Å². The molecule has 72 valence electrons. The summed E-state index contributed by atoms with van der Waals surface area (Å²) >= 11 is 0. The third-order valence-corrected chi connectivity index (χ3v) is 1.91. The van der Waals surface area contributed by atoms with E-state index in [0.717, 1.165) is 0 Å². The van der Waals surface area contributed by atoms with Crippen LogP contribution in [-0.2, 0) is 4.74 Å². The molecule has 1 aliphatic heterocycles. The summed E-state index contributed by atoms with van der Waals surface area (Å²) in [5.74, 6) is -2.17. The van der Waals surface area contributed by atoms with Gasteiger partial charge in [0.2, 0.25) is 5.79 Å². The van der Waals surface area contributed by atoms with Crippen LogP contribution in [0.5, 0.6) is 0 Å². The largest absolute Gasteiger partial charge is 0.391 e. The summed E-state index contributed by atoms with van der Waals surface area (Å²) in [6, 6.07) is 0. The summed E-state index contributed by atoms with van der Waals surface area (Å²) in [6.45, 7) is -1.16. The van der Waals surface area contributed by atoms with Gasteiger partial charge in [-0.25, -0.2) is 0 Å². The van der Waals surface area contributed by atoms with Crippen molar-refractivity contribution in [2.24, 2.45) is 0 Å². The summed E-state index contributed by atoms with van der Waals surface area (Å²) in [5.41, 5.74) is 0. The number of rotatable bonds is 1. The Bertz CT molecular complexity index is 162. The van der Waals surface area contributed by atoms with Crippen molar-refractivity contribution in [2.45, 2.75) is 24.1 Å². The van der Waals surface area contributed by atoms with Crippen LogP contribution in [-0.4, -0.2) is 62.8 Å². The molecule has 1 fully saturated rings. The van der Waals surface area contributed by atoms with Crippen LogP contribution in [0.15, 0.2) is 0 Å². The van der Waals surface area contributed by atoms with E-state index in [1.165, 1.54) is 0 Å². The van der Waals surface area contributed by atoms with Gasteiger partial charge in [-0.15, -0.1) is 0 Å². The van der Waals surface area contributed by atoms with Crippen molar-refractivity contribution < 1.29 is 30.3 Å². The summed E-state index contributed by atoms with van der Waals surface area (Å²) in [5, 5.41) is 45.0. The van der Waals surface area contributed by atoms with E-state index in [1.54, 1.807) is 0 Å². The van der Waals surface area contributed by atoms with Gasteiger partial charge in [-0.3, -0.25) is 0 Å². The smallest absolute Gasteiger partial charge is 0.218 e.